The van der Waals surface area contributed by atoms with Gasteiger partial charge in [-0.1, -0.05) is 12.0 Å². The Hall–Kier alpha value is -2.96. The number of nitrogens with one attached hydrogen (secondary N) is 1. The molecule has 2 aromatic heterocycles. The summed E-state index contributed by atoms with van der Waals surface area (Å²) in [5.41, 5.74) is 1.72. The highest BCUT2D eigenvalue weighted by atomic mass is 32.1. The molecule has 0 aliphatic carbocycles. The van der Waals surface area contributed by atoms with E-state index in [0.717, 1.165) is 21.3 Å². The van der Waals surface area contributed by atoms with Gasteiger partial charge in [0.05, 0.1) is 24.4 Å². The standard InChI is InChI=1S/C22H28N6O2S/c1-5-10-26(4)11-6-7-20(29)27-12-13-28(16(2)15-27)21(30)14-19-17(3)24-22(31-19)18-8-9-23-25-18/h1,6-9,16H,10-15H2,2-4H3,(H,23,25)/b7-6+/t16-/m1/s1. The van der Waals surface area contributed by atoms with Crippen molar-refractivity contribution in [1.29, 1.82) is 0 Å². The van der Waals surface area contributed by atoms with E-state index in [9.17, 15) is 9.59 Å². The van der Waals surface area contributed by atoms with Crippen molar-refractivity contribution in [2.75, 3.05) is 39.8 Å². The van der Waals surface area contributed by atoms with Crippen LogP contribution in [0.3, 0.4) is 0 Å². The predicted molar refractivity (Wildman–Crippen MR) is 121 cm³/mol. The van der Waals surface area contributed by atoms with E-state index >= 15 is 0 Å². The van der Waals surface area contributed by atoms with Crippen molar-refractivity contribution in [3.05, 3.63) is 35.0 Å². The minimum atomic E-state index is -0.0389. The van der Waals surface area contributed by atoms with Crippen molar-refractivity contribution in [3.8, 4) is 23.0 Å². The molecule has 1 aliphatic rings. The Bertz CT molecular complexity index is 975. The lowest BCUT2D eigenvalue weighted by molar-refractivity contribution is -0.139. The van der Waals surface area contributed by atoms with E-state index in [2.05, 4.69) is 21.1 Å². The SMILES string of the molecule is C#CCN(C)C/C=C/C(=O)N1CCN(C(=O)Cc2sc(-c3ccn[nH]3)nc2C)[C@H](C)C1. The molecule has 0 radical (unpaired) electrons. The second-order valence-corrected chi connectivity index (χ2v) is 8.78. The van der Waals surface area contributed by atoms with Crippen LogP contribution in [0.1, 0.15) is 17.5 Å². The summed E-state index contributed by atoms with van der Waals surface area (Å²) in [7, 11) is 1.91. The van der Waals surface area contributed by atoms with E-state index in [1.165, 1.54) is 11.3 Å². The first-order chi connectivity index (χ1) is 14.9. The molecule has 0 bridgehead atoms. The summed E-state index contributed by atoms with van der Waals surface area (Å²) in [6, 6.07) is 1.83. The Morgan fingerprint density at radius 2 is 2.26 bits per heavy atom. The third-order valence-electron chi connectivity index (χ3n) is 5.23. The van der Waals surface area contributed by atoms with E-state index in [0.29, 0.717) is 39.1 Å². The van der Waals surface area contributed by atoms with Gasteiger partial charge in [-0.3, -0.25) is 19.6 Å². The van der Waals surface area contributed by atoms with Crippen molar-refractivity contribution in [3.63, 3.8) is 0 Å². The van der Waals surface area contributed by atoms with Crippen LogP contribution >= 0.6 is 11.3 Å². The fourth-order valence-electron chi connectivity index (χ4n) is 3.51. The van der Waals surface area contributed by atoms with Crippen molar-refractivity contribution < 1.29 is 9.59 Å². The maximum atomic E-state index is 13.0. The Morgan fingerprint density at radius 3 is 2.94 bits per heavy atom. The van der Waals surface area contributed by atoms with E-state index in [-0.39, 0.29) is 17.9 Å². The number of thiazole rings is 1. The molecule has 0 saturated carbocycles. The van der Waals surface area contributed by atoms with Crippen LogP contribution in [0.5, 0.6) is 0 Å². The van der Waals surface area contributed by atoms with Crippen LogP contribution in [-0.4, -0.2) is 87.5 Å². The van der Waals surface area contributed by atoms with Gasteiger partial charge < -0.3 is 9.80 Å². The number of H-pyrrole nitrogens is 1. The highest BCUT2D eigenvalue weighted by Gasteiger charge is 2.29. The van der Waals surface area contributed by atoms with Crippen LogP contribution < -0.4 is 0 Å². The first-order valence-electron chi connectivity index (χ1n) is 10.2. The number of hydrogen-bond acceptors (Lipinski definition) is 6. The van der Waals surface area contributed by atoms with Crippen LogP contribution in [0, 0.1) is 19.3 Å². The summed E-state index contributed by atoms with van der Waals surface area (Å²) in [5, 5.41) is 7.70. The van der Waals surface area contributed by atoms with Gasteiger partial charge in [0.2, 0.25) is 11.8 Å². The molecule has 31 heavy (non-hydrogen) atoms. The molecule has 0 aromatic carbocycles. The fraction of sp³-hybridized carbons (Fsp3) is 0.455. The lowest BCUT2D eigenvalue weighted by Gasteiger charge is -2.39. The molecule has 1 fully saturated rings. The number of aromatic nitrogens is 3. The van der Waals surface area contributed by atoms with E-state index < -0.39 is 0 Å². The molecule has 2 amide bonds. The smallest absolute Gasteiger partial charge is 0.246 e. The first-order valence-corrected chi connectivity index (χ1v) is 11.0. The number of rotatable bonds is 7. The third kappa shape index (κ3) is 5.81. The molecule has 2 aromatic rings. The maximum absolute atomic E-state index is 13.0. The van der Waals surface area contributed by atoms with Crippen LogP contribution in [-0.2, 0) is 16.0 Å². The van der Waals surface area contributed by atoms with Crippen molar-refractivity contribution in [2.24, 2.45) is 0 Å². The monoisotopic (exact) mass is 440 g/mol. The molecule has 1 aliphatic heterocycles. The Labute approximate surface area is 186 Å². The van der Waals surface area contributed by atoms with Crippen LogP contribution in [0.25, 0.3) is 10.7 Å². The van der Waals surface area contributed by atoms with Gasteiger partial charge in [-0.2, -0.15) is 5.10 Å². The Kier molecular flexibility index (Phi) is 7.60. The number of aryl methyl sites for hydroxylation is 1. The number of likely N-dealkylation sites (N-methyl/N-ethyl adjacent to an activating group) is 1. The predicted octanol–water partition coefficient (Wildman–Crippen LogP) is 1.56. The second kappa shape index (κ2) is 10.4. The van der Waals surface area contributed by atoms with Gasteiger partial charge in [0.1, 0.15) is 5.01 Å². The molecule has 3 rings (SSSR count). The number of carbonyl (C=O) groups is 2. The minimum Gasteiger partial charge on any atom is -0.336 e. The van der Waals surface area contributed by atoms with Gasteiger partial charge in [-0.15, -0.1) is 17.8 Å². The zero-order valence-corrected chi connectivity index (χ0v) is 19.0. The average Bonchev–Trinajstić information content (AvgIpc) is 3.38. The number of nitrogens with zero attached hydrogens (tertiary/aromatic N) is 5. The summed E-state index contributed by atoms with van der Waals surface area (Å²) in [5.74, 6) is 2.60. The second-order valence-electron chi connectivity index (χ2n) is 7.70. The average molecular weight is 441 g/mol. The lowest BCUT2D eigenvalue weighted by Crippen LogP contribution is -2.55. The largest absolute Gasteiger partial charge is 0.336 e. The molecule has 8 nitrogen and oxygen atoms in total. The normalized spacial score (nSPS) is 16.8. The molecule has 164 valence electrons. The van der Waals surface area contributed by atoms with E-state index in [1.54, 1.807) is 17.2 Å². The molecule has 0 unspecified atom stereocenters. The molecule has 0 spiro atoms. The van der Waals surface area contributed by atoms with Gasteiger partial charge in [-0.05, 0) is 27.0 Å². The summed E-state index contributed by atoms with van der Waals surface area (Å²) in [6.45, 7) is 6.65. The zero-order valence-electron chi connectivity index (χ0n) is 18.2. The first kappa shape index (κ1) is 22.7. The van der Waals surface area contributed by atoms with Gasteiger partial charge in [-0.25, -0.2) is 4.98 Å². The van der Waals surface area contributed by atoms with Crippen molar-refractivity contribution in [2.45, 2.75) is 26.3 Å². The van der Waals surface area contributed by atoms with Gasteiger partial charge in [0.25, 0.3) is 0 Å². The van der Waals surface area contributed by atoms with Gasteiger partial charge in [0.15, 0.2) is 0 Å². The molecule has 3 heterocycles. The molecule has 1 atom stereocenters. The third-order valence-corrected chi connectivity index (χ3v) is 6.42. The molecular weight excluding hydrogens is 412 g/mol. The Morgan fingerprint density at radius 1 is 1.45 bits per heavy atom. The number of terminal acetylenes is 1. The molecule has 1 N–H and O–H groups in total. The summed E-state index contributed by atoms with van der Waals surface area (Å²) in [4.78, 5) is 36.5. The van der Waals surface area contributed by atoms with Crippen molar-refractivity contribution >= 4 is 23.2 Å². The van der Waals surface area contributed by atoms with Crippen LogP contribution in [0.4, 0.5) is 0 Å². The number of amides is 2. The van der Waals surface area contributed by atoms with Gasteiger partial charge >= 0.3 is 0 Å². The highest BCUT2D eigenvalue weighted by molar-refractivity contribution is 7.15. The molecule has 9 heteroatoms. The molecule has 1 saturated heterocycles. The summed E-state index contributed by atoms with van der Waals surface area (Å²) in [6.07, 6.45) is 10.7. The fourth-order valence-corrected chi connectivity index (χ4v) is 4.54. The van der Waals surface area contributed by atoms with E-state index in [4.69, 9.17) is 6.42 Å². The maximum Gasteiger partial charge on any atom is 0.246 e. The van der Waals surface area contributed by atoms with Gasteiger partial charge in [0, 0.05) is 49.4 Å². The number of piperazine rings is 1. The zero-order chi connectivity index (χ0) is 22.4. The quantitative estimate of drug-likeness (QED) is 0.522. The molecular formula is C22H28N6O2S. The summed E-state index contributed by atoms with van der Waals surface area (Å²) >= 11 is 1.51. The Balaban J connectivity index is 1.54. The number of carbonyl (C=O) groups excluding carboxylic acids is 2. The van der Waals surface area contributed by atoms with Crippen LogP contribution in [0.2, 0.25) is 0 Å². The minimum absolute atomic E-state index is 0.0319. The number of aromatic amines is 1. The van der Waals surface area contributed by atoms with Crippen molar-refractivity contribution in [1.82, 2.24) is 29.9 Å². The topological polar surface area (TPSA) is 85.4 Å². The van der Waals surface area contributed by atoms with E-state index in [1.807, 2.05) is 42.8 Å². The summed E-state index contributed by atoms with van der Waals surface area (Å²) < 4.78 is 0. The number of hydrogen-bond donors (Lipinski definition) is 1. The lowest BCUT2D eigenvalue weighted by atomic mass is 10.1. The highest BCUT2D eigenvalue weighted by Crippen LogP contribution is 2.27. The van der Waals surface area contributed by atoms with Crippen LogP contribution in [0.15, 0.2) is 24.4 Å².